The maximum absolute atomic E-state index is 13.7. The zero-order valence-corrected chi connectivity index (χ0v) is 26.1. The number of nitrogens with zero attached hydrogens (tertiary/aromatic N) is 4. The molecule has 0 aliphatic carbocycles. The van der Waals surface area contributed by atoms with Crippen molar-refractivity contribution in [1.29, 1.82) is 0 Å². The van der Waals surface area contributed by atoms with Crippen LogP contribution in [0.2, 0.25) is 0 Å². The fourth-order valence-corrected chi connectivity index (χ4v) is 6.41. The van der Waals surface area contributed by atoms with Crippen molar-refractivity contribution < 1.29 is 37.8 Å². The van der Waals surface area contributed by atoms with Crippen LogP contribution in [0, 0.1) is 23.7 Å². The van der Waals surface area contributed by atoms with E-state index in [-0.39, 0.29) is 54.8 Å². The molecule has 0 amide bonds. The molecule has 1 fully saturated rings. The van der Waals surface area contributed by atoms with E-state index in [9.17, 15) is 19.3 Å². The third-order valence-corrected chi connectivity index (χ3v) is 9.19. The fourth-order valence-electron chi connectivity index (χ4n) is 4.08. The molecule has 3 heterocycles. The van der Waals surface area contributed by atoms with E-state index in [1.165, 1.54) is 6.33 Å². The fraction of sp³-hybridized carbons (Fsp3) is 0.654. The van der Waals surface area contributed by atoms with Gasteiger partial charge in [0.2, 0.25) is 0 Å². The van der Waals surface area contributed by atoms with E-state index in [2.05, 4.69) is 26.0 Å². The monoisotopic (exact) mass is 626 g/mol. The number of aliphatic hydroxyl groups is 1. The van der Waals surface area contributed by atoms with Crippen molar-refractivity contribution in [2.75, 3.05) is 31.3 Å². The van der Waals surface area contributed by atoms with Crippen LogP contribution in [0.5, 0.6) is 0 Å². The van der Waals surface area contributed by atoms with Gasteiger partial charge in [0.25, 0.3) is 0 Å². The third kappa shape index (κ3) is 8.73. The Morgan fingerprint density at radius 3 is 2.71 bits per heavy atom. The van der Waals surface area contributed by atoms with Crippen molar-refractivity contribution in [1.82, 2.24) is 24.6 Å². The van der Waals surface area contributed by atoms with Crippen molar-refractivity contribution in [2.24, 2.45) is 11.3 Å². The lowest BCUT2D eigenvalue weighted by Gasteiger charge is -2.23. The second-order valence-corrected chi connectivity index (χ2v) is 13.6. The standard InChI is InChI=1S/C26H39N6O8PS/c1-7-19(24(34)39-16(2)3)31-41(36,38-10-11-42-25(35)26(5,6)13-33)37-9-8-18-12-17(4)23(40-18)32-15-30-20-21(27)28-14-29-22(20)32/h1,14-19,23,33H,8-13H2,2-6H3,(H,31,36)(H2,27,28,29). The van der Waals surface area contributed by atoms with Gasteiger partial charge >= 0.3 is 13.7 Å². The molecule has 14 nitrogen and oxygen atoms in total. The van der Waals surface area contributed by atoms with Gasteiger partial charge in [-0.1, -0.05) is 24.6 Å². The number of carbonyl (C=O) groups is 2. The number of hydrogen-bond donors (Lipinski definition) is 3. The zero-order chi connectivity index (χ0) is 31.1. The molecule has 5 unspecified atom stereocenters. The van der Waals surface area contributed by atoms with E-state index in [0.29, 0.717) is 24.0 Å². The molecule has 5 atom stereocenters. The molecule has 1 aliphatic rings. The van der Waals surface area contributed by atoms with Gasteiger partial charge in [-0.05, 0) is 40.5 Å². The third-order valence-electron chi connectivity index (χ3n) is 6.38. The van der Waals surface area contributed by atoms with Gasteiger partial charge in [0.1, 0.15) is 18.1 Å². The van der Waals surface area contributed by atoms with Crippen LogP contribution in [0.4, 0.5) is 5.82 Å². The first kappa shape index (κ1) is 33.9. The number of nitrogens with two attached hydrogens (primary N) is 1. The average Bonchev–Trinajstić information content (AvgIpc) is 3.52. The van der Waals surface area contributed by atoms with E-state index in [1.54, 1.807) is 34.0 Å². The number of anilines is 1. The van der Waals surface area contributed by atoms with Gasteiger partial charge < -0.3 is 20.3 Å². The number of carbonyl (C=O) groups excluding carboxylic acids is 2. The van der Waals surface area contributed by atoms with E-state index in [4.69, 9.17) is 30.7 Å². The van der Waals surface area contributed by atoms with Crippen LogP contribution in [-0.2, 0) is 32.7 Å². The molecular formula is C26H39N6O8PS. The van der Waals surface area contributed by atoms with Crippen LogP contribution in [0.1, 0.15) is 53.7 Å². The van der Waals surface area contributed by atoms with Gasteiger partial charge in [0.15, 0.2) is 22.6 Å². The van der Waals surface area contributed by atoms with Crippen molar-refractivity contribution >= 4 is 47.6 Å². The van der Waals surface area contributed by atoms with E-state index in [1.807, 2.05) is 11.5 Å². The maximum Gasteiger partial charge on any atom is 0.407 e. The summed E-state index contributed by atoms with van der Waals surface area (Å²) in [6, 6.07) is -1.39. The molecule has 1 aliphatic heterocycles. The summed E-state index contributed by atoms with van der Waals surface area (Å²) in [5, 5.41) is 11.6. The van der Waals surface area contributed by atoms with Crippen LogP contribution in [-0.4, -0.2) is 79.5 Å². The lowest BCUT2D eigenvalue weighted by atomic mass is 9.97. The summed E-state index contributed by atoms with van der Waals surface area (Å²) >= 11 is 0.928. The number of terminal acetylenes is 1. The van der Waals surface area contributed by atoms with Crippen LogP contribution in [0.25, 0.3) is 11.2 Å². The van der Waals surface area contributed by atoms with Crippen LogP contribution < -0.4 is 10.8 Å². The number of thioether (sulfide) groups is 1. The number of fused-ring (bicyclic) bond motifs is 1. The normalized spacial score (nSPS) is 21.2. The average molecular weight is 627 g/mol. The maximum atomic E-state index is 13.7. The first-order valence-electron chi connectivity index (χ1n) is 13.5. The molecule has 42 heavy (non-hydrogen) atoms. The highest BCUT2D eigenvalue weighted by Gasteiger charge is 2.37. The quantitative estimate of drug-likeness (QED) is 0.113. The first-order valence-corrected chi connectivity index (χ1v) is 16.0. The summed E-state index contributed by atoms with van der Waals surface area (Å²) in [5.74, 6) is 1.92. The highest BCUT2D eigenvalue weighted by Crippen LogP contribution is 2.45. The molecule has 0 saturated carbocycles. The highest BCUT2D eigenvalue weighted by atomic mass is 32.2. The van der Waals surface area contributed by atoms with Gasteiger partial charge in [-0.3, -0.25) is 18.4 Å². The number of aliphatic hydroxyl groups excluding tert-OH is 1. The molecule has 2 aromatic rings. The molecule has 16 heteroatoms. The van der Waals surface area contributed by atoms with Crippen molar-refractivity contribution in [3.8, 4) is 12.3 Å². The lowest BCUT2D eigenvalue weighted by molar-refractivity contribution is -0.148. The summed E-state index contributed by atoms with van der Waals surface area (Å²) in [5.41, 5.74) is 6.03. The molecule has 1 saturated heterocycles. The Morgan fingerprint density at radius 1 is 1.33 bits per heavy atom. The molecule has 0 aromatic carbocycles. The Bertz CT molecular complexity index is 1330. The summed E-state index contributed by atoms with van der Waals surface area (Å²) in [6.07, 6.45) is 8.47. The number of imidazole rings is 1. The second-order valence-electron chi connectivity index (χ2n) is 10.8. The summed E-state index contributed by atoms with van der Waals surface area (Å²) in [4.78, 5) is 37.3. The molecule has 0 spiro atoms. The minimum absolute atomic E-state index is 0.0473. The second kappa shape index (κ2) is 14.7. The Labute approximate surface area is 249 Å². The SMILES string of the molecule is C#CC(NP(=O)(OCCSC(=O)C(C)(C)CO)OCCC1CC(C)C(n2cnc3c(N)ncnc32)O1)C(=O)OC(C)C. The molecule has 0 bridgehead atoms. The summed E-state index contributed by atoms with van der Waals surface area (Å²) in [6.45, 7) is 8.06. The van der Waals surface area contributed by atoms with Crippen molar-refractivity contribution in [2.45, 2.75) is 71.9 Å². The van der Waals surface area contributed by atoms with Crippen LogP contribution in [0.15, 0.2) is 12.7 Å². The lowest BCUT2D eigenvalue weighted by Crippen LogP contribution is -2.37. The Hall–Kier alpha value is -2.57. The van der Waals surface area contributed by atoms with Gasteiger partial charge in [-0.15, -0.1) is 6.42 Å². The number of esters is 1. The van der Waals surface area contributed by atoms with Crippen molar-refractivity contribution in [3.05, 3.63) is 12.7 Å². The van der Waals surface area contributed by atoms with E-state index >= 15 is 0 Å². The molecular weight excluding hydrogens is 587 g/mol. The molecule has 4 N–H and O–H groups in total. The van der Waals surface area contributed by atoms with Crippen LogP contribution >= 0.6 is 19.5 Å². The predicted octanol–water partition coefficient (Wildman–Crippen LogP) is 2.68. The summed E-state index contributed by atoms with van der Waals surface area (Å²) < 4.78 is 38.1. The molecule has 2 aromatic heterocycles. The Balaban J connectivity index is 1.63. The van der Waals surface area contributed by atoms with Crippen molar-refractivity contribution in [3.63, 3.8) is 0 Å². The minimum atomic E-state index is -4.14. The smallest absolute Gasteiger partial charge is 0.407 e. The number of nitrogen functional groups attached to an aromatic ring is 1. The van der Waals surface area contributed by atoms with E-state index in [0.717, 1.165) is 11.8 Å². The number of rotatable bonds is 15. The number of nitrogens with one attached hydrogen (secondary N) is 1. The Morgan fingerprint density at radius 2 is 2.05 bits per heavy atom. The number of aromatic nitrogens is 4. The van der Waals surface area contributed by atoms with Gasteiger partial charge in [0.05, 0.1) is 43.8 Å². The van der Waals surface area contributed by atoms with Crippen LogP contribution in [0.3, 0.4) is 0 Å². The molecule has 232 valence electrons. The number of hydrogen-bond acceptors (Lipinski definition) is 13. The van der Waals surface area contributed by atoms with Gasteiger partial charge in [-0.25, -0.2) is 24.3 Å². The Kier molecular flexibility index (Phi) is 11.9. The molecule has 0 radical (unpaired) electrons. The zero-order valence-electron chi connectivity index (χ0n) is 24.4. The minimum Gasteiger partial charge on any atom is -0.461 e. The van der Waals surface area contributed by atoms with Gasteiger partial charge in [-0.2, -0.15) is 5.09 Å². The largest absolute Gasteiger partial charge is 0.461 e. The van der Waals surface area contributed by atoms with E-state index < -0.39 is 31.3 Å². The predicted molar refractivity (Wildman–Crippen MR) is 157 cm³/mol. The topological polar surface area (TPSA) is 190 Å². The first-order chi connectivity index (χ1) is 19.8. The summed E-state index contributed by atoms with van der Waals surface area (Å²) in [7, 11) is -4.14. The van der Waals surface area contributed by atoms with Gasteiger partial charge in [0, 0.05) is 11.7 Å². The highest BCUT2D eigenvalue weighted by molar-refractivity contribution is 8.13. The molecule has 3 rings (SSSR count). The number of ether oxygens (including phenoxy) is 2.